The third-order valence-corrected chi connectivity index (χ3v) is 2.27. The summed E-state index contributed by atoms with van der Waals surface area (Å²) in [6, 6.07) is 9.21. The molecule has 2 rings (SSSR count). The van der Waals surface area contributed by atoms with Gasteiger partial charge in [0.25, 0.3) is 5.69 Å². The molecule has 2 aromatic rings. The maximum Gasteiger partial charge on any atom is 0.270 e. The summed E-state index contributed by atoms with van der Waals surface area (Å²) in [5, 5.41) is 10.6. The van der Waals surface area contributed by atoms with Gasteiger partial charge in [0.15, 0.2) is 5.76 Å². The van der Waals surface area contributed by atoms with Crippen LogP contribution in [0.15, 0.2) is 53.2 Å². The van der Waals surface area contributed by atoms with E-state index in [0.29, 0.717) is 5.56 Å². The maximum absolute atomic E-state index is 11.6. The van der Waals surface area contributed by atoms with E-state index in [-0.39, 0.29) is 17.2 Å². The highest BCUT2D eigenvalue weighted by molar-refractivity contribution is 6.04. The monoisotopic (exact) mass is 243 g/mol. The number of allylic oxidation sites excluding steroid dienone is 1. The number of hydrogen-bond acceptors (Lipinski definition) is 4. The molecule has 0 unspecified atom stereocenters. The Morgan fingerprint density at radius 2 is 2.11 bits per heavy atom. The fourth-order valence-corrected chi connectivity index (χ4v) is 1.41. The molecule has 0 aliphatic rings. The lowest BCUT2D eigenvalue weighted by Gasteiger charge is -1.94. The van der Waals surface area contributed by atoms with E-state index in [1.54, 1.807) is 24.3 Å². The molecule has 0 fully saturated rings. The van der Waals surface area contributed by atoms with Crippen LogP contribution in [0.3, 0.4) is 0 Å². The molecule has 1 aromatic carbocycles. The minimum atomic E-state index is -0.480. The van der Waals surface area contributed by atoms with Crippen LogP contribution in [0, 0.1) is 10.1 Å². The zero-order valence-electron chi connectivity index (χ0n) is 9.28. The van der Waals surface area contributed by atoms with Crippen LogP contribution in [-0.2, 0) is 0 Å². The Kier molecular flexibility index (Phi) is 3.33. The summed E-state index contributed by atoms with van der Waals surface area (Å²) in [5.41, 5.74) is 0.576. The molecule has 0 saturated carbocycles. The lowest BCUT2D eigenvalue weighted by Crippen LogP contribution is -1.91. The molecule has 0 radical (unpaired) electrons. The normalized spacial score (nSPS) is 10.7. The van der Waals surface area contributed by atoms with Gasteiger partial charge in [0.1, 0.15) is 0 Å². The van der Waals surface area contributed by atoms with E-state index in [0.717, 1.165) is 0 Å². The van der Waals surface area contributed by atoms with E-state index >= 15 is 0 Å². The minimum Gasteiger partial charge on any atom is -0.461 e. The highest BCUT2D eigenvalue weighted by Gasteiger charge is 2.06. The van der Waals surface area contributed by atoms with Crippen molar-refractivity contribution in [2.75, 3.05) is 0 Å². The van der Waals surface area contributed by atoms with Crippen molar-refractivity contribution in [1.82, 2.24) is 0 Å². The summed E-state index contributed by atoms with van der Waals surface area (Å²) in [4.78, 5) is 21.7. The molecular formula is C13H9NO4. The van der Waals surface area contributed by atoms with Crippen LogP contribution in [0.25, 0.3) is 6.08 Å². The zero-order chi connectivity index (χ0) is 13.0. The number of nitrogens with zero attached hydrogens (tertiary/aromatic N) is 1. The predicted octanol–water partition coefficient (Wildman–Crippen LogP) is 3.08. The standard InChI is InChI=1S/C13H9NO4/c15-12(13-5-2-8-18-13)7-6-10-3-1-4-11(9-10)14(16)17/h1-9H. The van der Waals surface area contributed by atoms with E-state index in [1.165, 1.54) is 30.5 Å². The molecule has 1 heterocycles. The van der Waals surface area contributed by atoms with Crippen molar-refractivity contribution in [3.05, 3.63) is 70.2 Å². The molecule has 0 aliphatic carbocycles. The Hall–Kier alpha value is -2.69. The van der Waals surface area contributed by atoms with Gasteiger partial charge in [0.05, 0.1) is 11.2 Å². The van der Waals surface area contributed by atoms with Crippen LogP contribution < -0.4 is 0 Å². The molecule has 0 N–H and O–H groups in total. The number of nitro benzene ring substituents is 1. The first-order chi connectivity index (χ1) is 8.66. The number of hydrogen-bond donors (Lipinski definition) is 0. The van der Waals surface area contributed by atoms with Gasteiger partial charge in [-0.05, 0) is 23.8 Å². The van der Waals surface area contributed by atoms with Crippen molar-refractivity contribution in [3.8, 4) is 0 Å². The van der Waals surface area contributed by atoms with Gasteiger partial charge in [-0.1, -0.05) is 18.2 Å². The molecule has 0 saturated heterocycles. The first kappa shape index (κ1) is 11.8. The molecule has 18 heavy (non-hydrogen) atoms. The van der Waals surface area contributed by atoms with Gasteiger partial charge in [-0.2, -0.15) is 0 Å². The van der Waals surface area contributed by atoms with Gasteiger partial charge in [0, 0.05) is 12.1 Å². The minimum absolute atomic E-state index is 0.0115. The van der Waals surface area contributed by atoms with Crippen molar-refractivity contribution in [2.24, 2.45) is 0 Å². The highest BCUT2D eigenvalue weighted by atomic mass is 16.6. The molecular weight excluding hydrogens is 234 g/mol. The molecule has 0 bridgehead atoms. The first-order valence-corrected chi connectivity index (χ1v) is 5.17. The molecule has 90 valence electrons. The maximum atomic E-state index is 11.6. The largest absolute Gasteiger partial charge is 0.461 e. The molecule has 5 heteroatoms. The molecule has 0 aliphatic heterocycles. The van der Waals surface area contributed by atoms with Gasteiger partial charge in [0.2, 0.25) is 5.78 Å². The van der Waals surface area contributed by atoms with Gasteiger partial charge >= 0.3 is 0 Å². The quantitative estimate of drug-likeness (QED) is 0.358. The molecule has 0 spiro atoms. The number of carbonyl (C=O) groups is 1. The average molecular weight is 243 g/mol. The number of nitro groups is 1. The van der Waals surface area contributed by atoms with Crippen LogP contribution in [0.1, 0.15) is 16.1 Å². The Labute approximate surface area is 103 Å². The fraction of sp³-hybridized carbons (Fsp3) is 0. The number of carbonyl (C=O) groups excluding carboxylic acids is 1. The second-order valence-electron chi connectivity index (χ2n) is 3.53. The van der Waals surface area contributed by atoms with E-state index in [4.69, 9.17) is 4.42 Å². The number of benzene rings is 1. The van der Waals surface area contributed by atoms with Gasteiger partial charge in [-0.25, -0.2) is 0 Å². The summed E-state index contributed by atoms with van der Waals surface area (Å²) in [5.74, 6) is -0.0526. The summed E-state index contributed by atoms with van der Waals surface area (Å²) in [6.07, 6.45) is 4.24. The number of furan rings is 1. The van der Waals surface area contributed by atoms with Crippen molar-refractivity contribution in [1.29, 1.82) is 0 Å². The molecule has 0 amide bonds. The predicted molar refractivity (Wildman–Crippen MR) is 65.2 cm³/mol. The van der Waals surface area contributed by atoms with Crippen molar-refractivity contribution >= 4 is 17.5 Å². The third kappa shape index (κ3) is 2.70. The summed E-state index contributed by atoms with van der Waals surface area (Å²) >= 11 is 0. The summed E-state index contributed by atoms with van der Waals surface area (Å²) in [7, 11) is 0. The highest BCUT2D eigenvalue weighted by Crippen LogP contribution is 2.14. The zero-order valence-corrected chi connectivity index (χ0v) is 9.28. The SMILES string of the molecule is O=C(C=Cc1cccc([N+](=O)[O-])c1)c1ccco1. The summed E-state index contributed by atoms with van der Waals surface area (Å²) < 4.78 is 4.94. The van der Waals surface area contributed by atoms with E-state index in [2.05, 4.69) is 0 Å². The average Bonchev–Trinajstić information content (AvgIpc) is 2.90. The van der Waals surface area contributed by atoms with Gasteiger partial charge < -0.3 is 4.42 Å². The van der Waals surface area contributed by atoms with Crippen LogP contribution in [-0.4, -0.2) is 10.7 Å². The lowest BCUT2D eigenvalue weighted by atomic mass is 10.1. The number of ketones is 1. The Morgan fingerprint density at radius 3 is 2.78 bits per heavy atom. The first-order valence-electron chi connectivity index (χ1n) is 5.17. The van der Waals surface area contributed by atoms with E-state index in [1.807, 2.05) is 0 Å². The third-order valence-electron chi connectivity index (χ3n) is 2.27. The van der Waals surface area contributed by atoms with Crippen molar-refractivity contribution in [3.63, 3.8) is 0 Å². The smallest absolute Gasteiger partial charge is 0.270 e. The van der Waals surface area contributed by atoms with Crippen LogP contribution in [0.4, 0.5) is 5.69 Å². The van der Waals surface area contributed by atoms with Crippen LogP contribution in [0.2, 0.25) is 0 Å². The Morgan fingerprint density at radius 1 is 1.28 bits per heavy atom. The fourth-order valence-electron chi connectivity index (χ4n) is 1.41. The van der Waals surface area contributed by atoms with E-state index < -0.39 is 4.92 Å². The molecule has 1 aromatic heterocycles. The molecule has 0 atom stereocenters. The Bertz CT molecular complexity index is 599. The number of non-ortho nitro benzene ring substituents is 1. The van der Waals surface area contributed by atoms with Crippen LogP contribution in [0.5, 0.6) is 0 Å². The summed E-state index contributed by atoms with van der Waals surface area (Å²) in [6.45, 7) is 0. The van der Waals surface area contributed by atoms with Gasteiger partial charge in [-0.3, -0.25) is 14.9 Å². The van der Waals surface area contributed by atoms with Gasteiger partial charge in [-0.15, -0.1) is 0 Å². The topological polar surface area (TPSA) is 73.3 Å². The van der Waals surface area contributed by atoms with E-state index in [9.17, 15) is 14.9 Å². The second-order valence-corrected chi connectivity index (χ2v) is 3.53. The van der Waals surface area contributed by atoms with Crippen molar-refractivity contribution < 1.29 is 14.1 Å². The second kappa shape index (κ2) is 5.09. The van der Waals surface area contributed by atoms with Crippen molar-refractivity contribution in [2.45, 2.75) is 0 Å². The Balaban J connectivity index is 2.16. The lowest BCUT2D eigenvalue weighted by molar-refractivity contribution is -0.384. The van der Waals surface area contributed by atoms with Crippen LogP contribution >= 0.6 is 0 Å². The number of rotatable bonds is 4. The molecule has 5 nitrogen and oxygen atoms in total.